The number of ether oxygens (including phenoxy) is 1. The fourth-order valence-corrected chi connectivity index (χ4v) is 15.1. The number of pyridine rings is 1. The van der Waals surface area contributed by atoms with Gasteiger partial charge >= 0.3 is 0 Å². The first-order valence-electron chi connectivity index (χ1n) is 38.2. The van der Waals surface area contributed by atoms with Crippen LogP contribution in [0.5, 0.6) is 11.5 Å². The zero-order valence-electron chi connectivity index (χ0n) is 65.4. The molecule has 0 saturated carbocycles. The fourth-order valence-electron chi connectivity index (χ4n) is 15.1. The molecule has 4 aromatic heterocycles. The van der Waals surface area contributed by atoms with E-state index in [2.05, 4.69) is 144 Å². The minimum atomic E-state index is -2.96. The van der Waals surface area contributed by atoms with Gasteiger partial charge in [0.05, 0.1) is 33.4 Å². The van der Waals surface area contributed by atoms with Crippen LogP contribution in [0.3, 0.4) is 0 Å². The quantitative estimate of drug-likeness (QED) is 0.118. The molecular weight excluding hydrogens is 1140 g/mol. The molecule has 0 amide bonds. The lowest BCUT2D eigenvalue weighted by atomic mass is 9.62. The van der Waals surface area contributed by atoms with Crippen LogP contribution in [0.15, 0.2) is 229 Å². The Morgan fingerprint density at radius 1 is 0.479 bits per heavy atom. The Morgan fingerprint density at radius 3 is 1.83 bits per heavy atom. The van der Waals surface area contributed by atoms with Gasteiger partial charge in [-0.2, -0.15) is 0 Å². The maximum atomic E-state index is 9.40. The van der Waals surface area contributed by atoms with Crippen LogP contribution in [0.1, 0.15) is 117 Å². The van der Waals surface area contributed by atoms with E-state index in [-0.39, 0.29) is 55.3 Å². The summed E-state index contributed by atoms with van der Waals surface area (Å²) in [6.07, 6.45) is 7.47. The first-order chi connectivity index (χ1) is 50.2. The Labute approximate surface area is 566 Å². The number of aryl methyl sites for hydroxylation is 4. The normalized spacial score (nSPS) is 16.4. The highest BCUT2D eigenvalue weighted by Gasteiger charge is 2.39. The lowest BCUT2D eigenvalue weighted by Crippen LogP contribution is -2.34. The smallest absolute Gasteiger partial charge is 0.269 e. The Kier molecular flexibility index (Phi) is 10.2. The van der Waals surface area contributed by atoms with Gasteiger partial charge in [0.15, 0.2) is 0 Å². The monoisotopic (exact) mass is 1230 g/mol. The van der Waals surface area contributed by atoms with Crippen LogP contribution in [-0.4, -0.2) is 14.1 Å². The lowest BCUT2D eigenvalue weighted by Gasteiger charge is -2.42. The van der Waals surface area contributed by atoms with Crippen molar-refractivity contribution >= 4 is 54.8 Å². The van der Waals surface area contributed by atoms with Crippen LogP contribution in [0, 0.1) is 33.7 Å². The molecule has 17 rings (SSSR count). The Balaban J connectivity index is 1.02. The summed E-state index contributed by atoms with van der Waals surface area (Å²) in [5, 5.41) is 3.95. The van der Waals surface area contributed by atoms with Crippen molar-refractivity contribution in [2.45, 2.75) is 105 Å². The van der Waals surface area contributed by atoms with Crippen molar-refractivity contribution in [3.8, 4) is 95.5 Å². The molecule has 15 aromatic rings. The molecule has 2 aliphatic rings. The van der Waals surface area contributed by atoms with E-state index in [1.54, 1.807) is 6.07 Å². The number of imidazole rings is 1. The van der Waals surface area contributed by atoms with Crippen molar-refractivity contribution in [1.29, 1.82) is 0 Å². The van der Waals surface area contributed by atoms with Crippen molar-refractivity contribution in [3.63, 3.8) is 0 Å². The van der Waals surface area contributed by atoms with Crippen LogP contribution in [0.2, 0.25) is 0 Å². The van der Waals surface area contributed by atoms with Gasteiger partial charge in [-0.3, -0.25) is 13.7 Å². The number of nitrogens with zero attached hydrogens (tertiary/aromatic N) is 4. The Hall–Kier alpha value is -10.6. The third-order valence-electron chi connectivity index (χ3n) is 20.1. The van der Waals surface area contributed by atoms with E-state index in [1.807, 2.05) is 106 Å². The Morgan fingerprint density at radius 2 is 1.10 bits per heavy atom. The summed E-state index contributed by atoms with van der Waals surface area (Å²) in [6, 6.07) is 69.4. The summed E-state index contributed by atoms with van der Waals surface area (Å²) >= 11 is 0. The summed E-state index contributed by atoms with van der Waals surface area (Å²) < 4.78 is 131. The van der Waals surface area contributed by atoms with Crippen LogP contribution in [-0.2, 0) is 16.2 Å². The molecule has 6 heteroatoms. The third-order valence-corrected chi connectivity index (χ3v) is 20.1. The van der Waals surface area contributed by atoms with E-state index < -0.39 is 32.8 Å². The number of rotatable bonds is 7. The van der Waals surface area contributed by atoms with Crippen LogP contribution in [0.4, 0.5) is 0 Å². The molecular formula is C88H74N4O2. The van der Waals surface area contributed by atoms with Gasteiger partial charge in [0.2, 0.25) is 0 Å². The van der Waals surface area contributed by atoms with Crippen molar-refractivity contribution in [2.75, 3.05) is 0 Å². The van der Waals surface area contributed by atoms with Crippen molar-refractivity contribution in [1.82, 2.24) is 14.1 Å². The number of para-hydroxylation sites is 2. The number of hydrogen-bond acceptors (Lipinski definition) is 3. The SMILES string of the molecule is [2H]C([2H])([2H])c1cccc(C([2H])([2H])[2H])c1-c1cc2c(c(-c3c(C([2H])([2H])[2H])cccc3C([2H])([2H])[2H])c1)-[n+]1[c-]n(-c3cccc(Oc4ccc5c6ccccc6n(-c6cc(C(C)(C)C)ccn6)c5c4)c3)c3cc(-c4ccc5oc6ccccc6c5c4)cc(c31)-c1ccccc1-c1cc3c(cc1-2)C(C)(C)CCC3(C)C. The van der Waals surface area contributed by atoms with E-state index in [0.29, 0.717) is 45.0 Å². The molecule has 0 bridgehead atoms. The average molecular weight is 1230 g/mol. The zero-order valence-corrected chi connectivity index (χ0v) is 53.4. The van der Waals surface area contributed by atoms with Gasteiger partial charge in [-0.05, 0) is 253 Å². The van der Waals surface area contributed by atoms with Crippen LogP contribution < -0.4 is 9.30 Å². The number of fused-ring (bicyclic) bond motifs is 14. The summed E-state index contributed by atoms with van der Waals surface area (Å²) in [6.45, 7) is 3.87. The van der Waals surface area contributed by atoms with Gasteiger partial charge in [0.1, 0.15) is 28.5 Å². The van der Waals surface area contributed by atoms with E-state index in [0.717, 1.165) is 112 Å². The van der Waals surface area contributed by atoms with Gasteiger partial charge in [-0.25, -0.2) is 4.98 Å². The standard InChI is InChI=1S/C88H74N4O2/c1-52-21-18-22-53(2)82(52)58-43-72-69-50-75-74(87(8,9)38-39-88(75,10)11)49-68(69)63-27-12-13-28-64(63)71-42-57(56-33-36-80-70(41-56)67-30-15-17-32-79(67)94-80)45-78-85(71)91(84(72)73(44-58)83-54(3)23-19-24-55(83)4)51-90(78)60-25-20-26-61(47-60)93-62-34-35-66-65-29-14-16-31-76(65)92(77(66)48-62)81-46-59(37-40-89-81)86(5,6)7/h12-37,40-50H,38-39H2,1-11H3/i1D3,2D3,3D3,4D3. The van der Waals surface area contributed by atoms with Gasteiger partial charge in [-0.15, -0.1) is 0 Å². The lowest BCUT2D eigenvalue weighted by molar-refractivity contribution is -0.570. The molecule has 1 aliphatic heterocycles. The predicted molar refractivity (Wildman–Crippen MR) is 389 cm³/mol. The largest absolute Gasteiger partial charge is 0.458 e. The van der Waals surface area contributed by atoms with Gasteiger partial charge in [0, 0.05) is 50.3 Å². The second kappa shape index (κ2) is 21.0. The molecule has 0 fully saturated rings. The molecule has 5 heterocycles. The summed E-state index contributed by atoms with van der Waals surface area (Å²) in [5.41, 5.74) is 12.7. The van der Waals surface area contributed by atoms with Crippen LogP contribution >= 0.6 is 0 Å². The highest BCUT2D eigenvalue weighted by Crippen LogP contribution is 2.54. The molecule has 0 spiro atoms. The second-order valence-corrected chi connectivity index (χ2v) is 27.9. The molecule has 0 saturated heterocycles. The average Bonchev–Trinajstić information content (AvgIpc) is 1.37. The van der Waals surface area contributed by atoms with E-state index in [9.17, 15) is 8.22 Å². The topological polar surface area (TPSA) is 49.0 Å². The fraction of sp³-hybridized carbons (Fsp3) is 0.182. The number of aromatic nitrogens is 4. The molecule has 0 unspecified atom stereocenters. The van der Waals surface area contributed by atoms with E-state index in [1.165, 1.54) is 36.4 Å². The maximum Gasteiger partial charge on any atom is 0.269 e. The summed E-state index contributed by atoms with van der Waals surface area (Å²) in [4.78, 5) is 4.94. The number of furan rings is 1. The van der Waals surface area contributed by atoms with Crippen molar-refractivity contribution < 1.29 is 30.2 Å². The van der Waals surface area contributed by atoms with E-state index >= 15 is 0 Å². The highest BCUT2D eigenvalue weighted by molar-refractivity contribution is 6.11. The van der Waals surface area contributed by atoms with Crippen molar-refractivity contribution in [2.24, 2.45) is 0 Å². The number of benzene rings is 11. The third kappa shape index (κ3) is 9.04. The molecule has 0 atom stereocenters. The molecule has 0 N–H and O–H groups in total. The molecule has 94 heavy (non-hydrogen) atoms. The van der Waals surface area contributed by atoms with Gasteiger partial charge in [0.25, 0.3) is 6.33 Å². The number of hydrogen-bond donors (Lipinski definition) is 0. The second-order valence-electron chi connectivity index (χ2n) is 27.9. The summed E-state index contributed by atoms with van der Waals surface area (Å²) in [7, 11) is 0. The predicted octanol–water partition coefficient (Wildman–Crippen LogP) is 23.1. The van der Waals surface area contributed by atoms with Crippen LogP contribution in [0.25, 0.3) is 139 Å². The molecule has 6 nitrogen and oxygen atoms in total. The molecule has 0 radical (unpaired) electrons. The van der Waals surface area contributed by atoms with Crippen molar-refractivity contribution in [3.05, 3.63) is 270 Å². The Bertz CT molecular complexity index is 6130. The highest BCUT2D eigenvalue weighted by atomic mass is 16.5. The molecule has 11 aromatic carbocycles. The van der Waals surface area contributed by atoms with E-state index in [4.69, 9.17) is 22.4 Å². The van der Waals surface area contributed by atoms with Gasteiger partial charge < -0.3 is 9.15 Å². The molecule has 458 valence electrons. The first kappa shape index (κ1) is 45.7. The zero-order chi connectivity index (χ0) is 74.3. The first-order valence-corrected chi connectivity index (χ1v) is 32.2. The van der Waals surface area contributed by atoms with Gasteiger partial charge in [-0.1, -0.05) is 170 Å². The molecule has 1 aliphatic carbocycles. The minimum Gasteiger partial charge on any atom is -0.458 e. The minimum absolute atomic E-state index is 0.0780. The summed E-state index contributed by atoms with van der Waals surface area (Å²) in [5.74, 6) is 1.81. The maximum absolute atomic E-state index is 9.40.